The van der Waals surface area contributed by atoms with Crippen molar-refractivity contribution in [1.29, 1.82) is 0 Å². The molecule has 1 aliphatic rings. The minimum atomic E-state index is -0.795. The lowest BCUT2D eigenvalue weighted by atomic mass is 9.84. The van der Waals surface area contributed by atoms with Crippen molar-refractivity contribution in [2.45, 2.75) is 45.1 Å². The highest BCUT2D eigenvalue weighted by Crippen LogP contribution is 2.28. The highest BCUT2D eigenvalue weighted by molar-refractivity contribution is 5.47. The zero-order valence-electron chi connectivity index (χ0n) is 11.0. The van der Waals surface area contributed by atoms with Crippen molar-refractivity contribution in [1.82, 2.24) is 4.98 Å². The van der Waals surface area contributed by atoms with E-state index in [-0.39, 0.29) is 17.7 Å². The van der Waals surface area contributed by atoms with Crippen LogP contribution in [0.1, 0.15) is 39.0 Å². The number of rotatable bonds is 4. The summed E-state index contributed by atoms with van der Waals surface area (Å²) in [5.74, 6) is 4.05. The van der Waals surface area contributed by atoms with Crippen LogP contribution in [0.25, 0.3) is 0 Å². The number of halogens is 2. The van der Waals surface area contributed by atoms with Crippen LogP contribution in [0.15, 0.2) is 6.07 Å². The van der Waals surface area contributed by atoms with Crippen LogP contribution in [0.3, 0.4) is 0 Å². The number of anilines is 2. The lowest BCUT2D eigenvalue weighted by Crippen LogP contribution is -2.28. The Hall–Kier alpha value is -1.43. The van der Waals surface area contributed by atoms with Crippen LogP contribution >= 0.6 is 0 Å². The lowest BCUT2D eigenvalue weighted by Gasteiger charge is -2.28. The molecule has 0 bridgehead atoms. The van der Waals surface area contributed by atoms with Gasteiger partial charge in [-0.05, 0) is 25.7 Å². The zero-order chi connectivity index (χ0) is 13.8. The average molecular weight is 270 g/mol. The van der Waals surface area contributed by atoms with E-state index in [0.717, 1.165) is 18.9 Å². The normalized spacial score (nSPS) is 18.1. The second-order valence-corrected chi connectivity index (χ2v) is 5.12. The summed E-state index contributed by atoms with van der Waals surface area (Å²) in [7, 11) is 0. The highest BCUT2D eigenvalue weighted by atomic mass is 19.1. The number of hydrogen-bond donors (Lipinski definition) is 3. The standard InChI is InChI=1S/C13H20F2N4/c1-8(9-5-3-2-4-6-9)17-12-10(14)7-11(15)13(18-12)19-16/h7-9H,2-6,16H2,1H3,(H2,17,18,19). The quantitative estimate of drug-likeness (QED) is 0.581. The molecule has 0 spiro atoms. The molecule has 1 aliphatic carbocycles. The molecular formula is C13H20F2N4. The summed E-state index contributed by atoms with van der Waals surface area (Å²) in [6, 6.07) is 0.899. The molecule has 1 aromatic rings. The van der Waals surface area contributed by atoms with Crippen molar-refractivity contribution < 1.29 is 8.78 Å². The Balaban J connectivity index is 2.09. The van der Waals surface area contributed by atoms with Crippen molar-refractivity contribution in [3.05, 3.63) is 17.7 Å². The van der Waals surface area contributed by atoms with Crippen molar-refractivity contribution in [2.24, 2.45) is 11.8 Å². The van der Waals surface area contributed by atoms with Crippen molar-refractivity contribution in [3.63, 3.8) is 0 Å². The maximum Gasteiger partial charge on any atom is 0.178 e. The summed E-state index contributed by atoms with van der Waals surface area (Å²) in [5, 5.41) is 3.03. The molecule has 0 saturated heterocycles. The van der Waals surface area contributed by atoms with Crippen molar-refractivity contribution in [2.75, 3.05) is 10.7 Å². The molecule has 0 amide bonds. The van der Waals surface area contributed by atoms with E-state index in [1.165, 1.54) is 19.3 Å². The molecule has 0 radical (unpaired) electrons. The number of aromatic nitrogens is 1. The van der Waals surface area contributed by atoms with Gasteiger partial charge in [-0.25, -0.2) is 19.6 Å². The first kappa shape index (κ1) is 14.0. The number of nitrogen functional groups attached to an aromatic ring is 1. The van der Waals surface area contributed by atoms with E-state index < -0.39 is 11.6 Å². The van der Waals surface area contributed by atoms with Gasteiger partial charge in [-0.15, -0.1) is 0 Å². The molecule has 4 N–H and O–H groups in total. The molecule has 1 aromatic heterocycles. The van der Waals surface area contributed by atoms with Crippen LogP contribution in [0.4, 0.5) is 20.4 Å². The maximum atomic E-state index is 13.7. The fourth-order valence-electron chi connectivity index (χ4n) is 2.64. The minimum Gasteiger partial charge on any atom is -0.365 e. The molecule has 1 unspecified atom stereocenters. The Labute approximate surface area is 111 Å². The molecule has 106 valence electrons. The van der Waals surface area contributed by atoms with E-state index in [9.17, 15) is 8.78 Å². The van der Waals surface area contributed by atoms with Crippen LogP contribution in [0.5, 0.6) is 0 Å². The molecule has 6 heteroatoms. The largest absolute Gasteiger partial charge is 0.365 e. The number of hydrogen-bond acceptors (Lipinski definition) is 4. The first-order valence-corrected chi connectivity index (χ1v) is 6.71. The lowest BCUT2D eigenvalue weighted by molar-refractivity contribution is 0.327. The van der Waals surface area contributed by atoms with E-state index in [2.05, 4.69) is 15.7 Å². The first-order chi connectivity index (χ1) is 9.11. The Morgan fingerprint density at radius 2 is 1.84 bits per heavy atom. The molecule has 1 saturated carbocycles. The third-order valence-electron chi connectivity index (χ3n) is 3.79. The van der Waals surface area contributed by atoms with Gasteiger partial charge in [0.05, 0.1) is 0 Å². The molecule has 0 aromatic carbocycles. The second-order valence-electron chi connectivity index (χ2n) is 5.12. The van der Waals surface area contributed by atoms with E-state index in [0.29, 0.717) is 5.92 Å². The predicted molar refractivity (Wildman–Crippen MR) is 71.6 cm³/mol. The average Bonchev–Trinajstić information content (AvgIpc) is 2.42. The Kier molecular flexibility index (Phi) is 4.52. The molecule has 1 atom stereocenters. The SMILES string of the molecule is CC(Nc1nc(NN)c(F)cc1F)C1CCCCC1. The molecular weight excluding hydrogens is 250 g/mol. The van der Waals surface area contributed by atoms with Crippen LogP contribution in [0.2, 0.25) is 0 Å². The minimum absolute atomic E-state index is 0.0485. The molecule has 4 nitrogen and oxygen atoms in total. The Bertz CT molecular complexity index is 433. The summed E-state index contributed by atoms with van der Waals surface area (Å²) in [6.07, 6.45) is 5.98. The van der Waals surface area contributed by atoms with Gasteiger partial charge >= 0.3 is 0 Å². The Morgan fingerprint density at radius 3 is 2.47 bits per heavy atom. The van der Waals surface area contributed by atoms with Gasteiger partial charge in [-0.3, -0.25) is 0 Å². The summed E-state index contributed by atoms with van der Waals surface area (Å²) in [5.41, 5.74) is 2.12. The number of pyridine rings is 1. The Morgan fingerprint density at radius 1 is 1.21 bits per heavy atom. The second kappa shape index (κ2) is 6.14. The zero-order valence-corrected chi connectivity index (χ0v) is 11.0. The maximum absolute atomic E-state index is 13.7. The number of hydrazine groups is 1. The third-order valence-corrected chi connectivity index (χ3v) is 3.79. The van der Waals surface area contributed by atoms with Gasteiger partial charge in [0.2, 0.25) is 0 Å². The number of nitrogens with two attached hydrogens (primary N) is 1. The van der Waals surface area contributed by atoms with Gasteiger partial charge in [-0.2, -0.15) is 0 Å². The first-order valence-electron chi connectivity index (χ1n) is 6.71. The van der Waals surface area contributed by atoms with E-state index in [1.807, 2.05) is 6.92 Å². The third kappa shape index (κ3) is 3.32. The highest BCUT2D eigenvalue weighted by Gasteiger charge is 2.21. The van der Waals surface area contributed by atoms with Crippen LogP contribution < -0.4 is 16.6 Å². The fraction of sp³-hybridized carbons (Fsp3) is 0.615. The molecule has 2 rings (SSSR count). The summed E-state index contributed by atoms with van der Waals surface area (Å²) >= 11 is 0. The van der Waals surface area contributed by atoms with Gasteiger partial charge < -0.3 is 10.7 Å². The summed E-state index contributed by atoms with van der Waals surface area (Å²) < 4.78 is 26.9. The molecule has 1 heterocycles. The fourth-order valence-corrected chi connectivity index (χ4v) is 2.64. The van der Waals surface area contributed by atoms with Crippen LogP contribution in [-0.4, -0.2) is 11.0 Å². The smallest absolute Gasteiger partial charge is 0.178 e. The topological polar surface area (TPSA) is 63.0 Å². The van der Waals surface area contributed by atoms with E-state index >= 15 is 0 Å². The van der Waals surface area contributed by atoms with Gasteiger partial charge in [0.1, 0.15) is 0 Å². The molecule has 1 fully saturated rings. The molecule has 0 aliphatic heterocycles. The van der Waals surface area contributed by atoms with Crippen molar-refractivity contribution >= 4 is 11.6 Å². The van der Waals surface area contributed by atoms with E-state index in [4.69, 9.17) is 5.84 Å². The number of nitrogens with one attached hydrogen (secondary N) is 2. The summed E-state index contributed by atoms with van der Waals surface area (Å²) in [4.78, 5) is 3.83. The monoisotopic (exact) mass is 270 g/mol. The molecule has 19 heavy (non-hydrogen) atoms. The van der Waals surface area contributed by atoms with Gasteiger partial charge in [0, 0.05) is 12.1 Å². The predicted octanol–water partition coefficient (Wildman–Crippen LogP) is 3.03. The van der Waals surface area contributed by atoms with Crippen LogP contribution in [0, 0.1) is 17.6 Å². The van der Waals surface area contributed by atoms with Gasteiger partial charge in [-0.1, -0.05) is 19.3 Å². The van der Waals surface area contributed by atoms with Crippen LogP contribution in [-0.2, 0) is 0 Å². The summed E-state index contributed by atoms with van der Waals surface area (Å²) in [6.45, 7) is 2.01. The number of nitrogens with zero attached hydrogens (tertiary/aromatic N) is 1. The van der Waals surface area contributed by atoms with Gasteiger partial charge in [0.15, 0.2) is 23.3 Å². The van der Waals surface area contributed by atoms with Gasteiger partial charge in [0.25, 0.3) is 0 Å². The van der Waals surface area contributed by atoms with E-state index in [1.54, 1.807) is 0 Å². The van der Waals surface area contributed by atoms with Crippen molar-refractivity contribution in [3.8, 4) is 0 Å².